The first kappa shape index (κ1) is 19.1. The Morgan fingerprint density at radius 2 is 1.82 bits per heavy atom. The van der Waals surface area contributed by atoms with Gasteiger partial charge in [0.05, 0.1) is 6.04 Å². The molecule has 1 aliphatic carbocycles. The number of nitrogens with one attached hydrogen (secondary N) is 2. The van der Waals surface area contributed by atoms with Gasteiger partial charge in [-0.3, -0.25) is 0 Å². The normalized spacial score (nSPS) is 19.9. The summed E-state index contributed by atoms with van der Waals surface area (Å²) in [6.45, 7) is 4.13. The van der Waals surface area contributed by atoms with Gasteiger partial charge in [-0.15, -0.1) is 5.10 Å². The van der Waals surface area contributed by atoms with E-state index < -0.39 is 0 Å². The molecule has 0 spiro atoms. The Morgan fingerprint density at radius 3 is 2.50 bits per heavy atom. The van der Waals surface area contributed by atoms with Crippen molar-refractivity contribution in [1.29, 1.82) is 0 Å². The maximum absolute atomic E-state index is 6.03. The molecule has 148 valence electrons. The van der Waals surface area contributed by atoms with E-state index in [2.05, 4.69) is 50.7 Å². The van der Waals surface area contributed by atoms with Crippen molar-refractivity contribution in [3.05, 3.63) is 28.7 Å². The molecule has 4 N–H and O–H groups in total. The van der Waals surface area contributed by atoms with E-state index in [0.29, 0.717) is 29.4 Å². The van der Waals surface area contributed by atoms with Gasteiger partial charge in [0.25, 0.3) is 0 Å². The second kappa shape index (κ2) is 8.00. The summed E-state index contributed by atoms with van der Waals surface area (Å²) in [6.07, 6.45) is 4.10. The van der Waals surface area contributed by atoms with Crippen LogP contribution in [0.5, 0.6) is 0 Å². The quantitative estimate of drug-likeness (QED) is 0.545. The Balaban J connectivity index is 1.68. The van der Waals surface area contributed by atoms with Crippen molar-refractivity contribution in [1.82, 2.24) is 25.0 Å². The third-order valence-electron chi connectivity index (χ3n) is 5.02. The molecule has 2 heterocycles. The van der Waals surface area contributed by atoms with Gasteiger partial charge in [0.1, 0.15) is 0 Å². The van der Waals surface area contributed by atoms with E-state index in [1.54, 1.807) is 0 Å². The van der Waals surface area contributed by atoms with Crippen LogP contribution in [0.1, 0.15) is 45.6 Å². The zero-order valence-electron chi connectivity index (χ0n) is 16.1. The molecule has 0 atom stereocenters. The molecule has 4 rings (SSSR count). The molecular formula is C19H25BrN8. The second-order valence-electron chi connectivity index (χ2n) is 7.58. The first-order valence-electron chi connectivity index (χ1n) is 9.67. The van der Waals surface area contributed by atoms with Crippen LogP contribution in [0.15, 0.2) is 28.7 Å². The number of fused-ring (bicyclic) bond motifs is 1. The van der Waals surface area contributed by atoms with Crippen LogP contribution in [-0.4, -0.2) is 37.0 Å². The highest BCUT2D eigenvalue weighted by Crippen LogP contribution is 2.27. The number of anilines is 3. The molecule has 28 heavy (non-hydrogen) atoms. The Bertz CT molecular complexity index is 944. The minimum atomic E-state index is 0.154. The van der Waals surface area contributed by atoms with E-state index in [4.69, 9.17) is 15.7 Å². The zero-order valence-corrected chi connectivity index (χ0v) is 17.6. The fourth-order valence-corrected chi connectivity index (χ4v) is 3.71. The number of nitrogens with two attached hydrogens (primary N) is 1. The van der Waals surface area contributed by atoms with E-state index in [-0.39, 0.29) is 6.04 Å². The van der Waals surface area contributed by atoms with E-state index in [0.717, 1.165) is 41.5 Å². The number of hydrogen-bond acceptors (Lipinski definition) is 7. The third-order valence-corrected chi connectivity index (χ3v) is 5.55. The van der Waals surface area contributed by atoms with Gasteiger partial charge >= 0.3 is 0 Å². The van der Waals surface area contributed by atoms with Crippen molar-refractivity contribution in [2.75, 3.05) is 10.6 Å². The smallest absolute Gasteiger partial charge is 0.227 e. The molecule has 8 nitrogen and oxygen atoms in total. The van der Waals surface area contributed by atoms with Gasteiger partial charge in [0.15, 0.2) is 17.0 Å². The molecule has 1 fully saturated rings. The summed E-state index contributed by atoms with van der Waals surface area (Å²) in [7, 11) is 0. The summed E-state index contributed by atoms with van der Waals surface area (Å²) in [4.78, 5) is 9.44. The molecule has 3 aromatic rings. The fourth-order valence-electron chi connectivity index (χ4n) is 3.45. The largest absolute Gasteiger partial charge is 0.351 e. The number of halogens is 1. The Kier molecular flexibility index (Phi) is 5.45. The van der Waals surface area contributed by atoms with Crippen LogP contribution in [0.3, 0.4) is 0 Å². The van der Waals surface area contributed by atoms with E-state index in [1.807, 2.05) is 28.9 Å². The Hall–Kier alpha value is -2.26. The molecule has 9 heteroatoms. The van der Waals surface area contributed by atoms with Gasteiger partial charge < -0.3 is 16.4 Å². The highest BCUT2D eigenvalue weighted by Gasteiger charge is 2.21. The standard InChI is InChI=1S/C19H25BrN8/c1-11(2)28-18-16(26-27-28)17(22-14-7-3-12(20)4-8-14)24-19(25-18)23-15-9-5-13(21)6-10-15/h3-4,7-8,11,13,15H,5-6,9-10,21H2,1-2H3,(H2,22,23,24,25). The lowest BCUT2D eigenvalue weighted by molar-refractivity contribution is 0.410. The first-order chi connectivity index (χ1) is 13.5. The molecule has 1 aromatic carbocycles. The predicted molar refractivity (Wildman–Crippen MR) is 115 cm³/mol. The van der Waals surface area contributed by atoms with E-state index in [9.17, 15) is 0 Å². The van der Waals surface area contributed by atoms with Gasteiger partial charge in [-0.1, -0.05) is 21.1 Å². The minimum Gasteiger partial charge on any atom is -0.351 e. The SMILES string of the molecule is CC(C)n1nnc2c(Nc3ccc(Br)cc3)nc(NC3CCC(N)CC3)nc21. The lowest BCUT2D eigenvalue weighted by atomic mass is 9.92. The number of aromatic nitrogens is 5. The fraction of sp³-hybridized carbons (Fsp3) is 0.474. The van der Waals surface area contributed by atoms with Gasteiger partial charge in [0.2, 0.25) is 5.95 Å². The molecule has 0 aliphatic heterocycles. The average Bonchev–Trinajstić information content (AvgIpc) is 3.10. The monoisotopic (exact) mass is 444 g/mol. The van der Waals surface area contributed by atoms with Gasteiger partial charge in [-0.25, -0.2) is 4.68 Å². The second-order valence-corrected chi connectivity index (χ2v) is 8.50. The van der Waals surface area contributed by atoms with Gasteiger partial charge in [0, 0.05) is 22.2 Å². The summed E-state index contributed by atoms with van der Waals surface area (Å²) >= 11 is 3.46. The predicted octanol–water partition coefficient (Wildman–Crippen LogP) is 3.99. The van der Waals surface area contributed by atoms with Crippen LogP contribution in [0, 0.1) is 0 Å². The molecule has 0 bridgehead atoms. The topological polar surface area (TPSA) is 107 Å². The molecule has 0 unspecified atom stereocenters. The maximum Gasteiger partial charge on any atom is 0.227 e. The average molecular weight is 445 g/mol. The third kappa shape index (κ3) is 4.10. The van der Waals surface area contributed by atoms with Crippen LogP contribution in [0.2, 0.25) is 0 Å². The maximum atomic E-state index is 6.03. The number of rotatable bonds is 5. The van der Waals surface area contributed by atoms with Crippen LogP contribution in [0.25, 0.3) is 11.2 Å². The van der Waals surface area contributed by atoms with Crippen molar-refractivity contribution in [2.24, 2.45) is 5.73 Å². The van der Waals surface area contributed by atoms with Crippen LogP contribution in [0.4, 0.5) is 17.5 Å². The lowest BCUT2D eigenvalue weighted by Crippen LogP contribution is -2.33. The van der Waals surface area contributed by atoms with Gasteiger partial charge in [-0.05, 0) is 63.8 Å². The van der Waals surface area contributed by atoms with Crippen molar-refractivity contribution in [3.63, 3.8) is 0 Å². The van der Waals surface area contributed by atoms with Crippen molar-refractivity contribution >= 4 is 44.5 Å². The number of hydrogen-bond donors (Lipinski definition) is 3. The molecule has 0 saturated heterocycles. The summed E-state index contributed by atoms with van der Waals surface area (Å²) in [5.41, 5.74) is 8.34. The molecule has 0 amide bonds. The summed E-state index contributed by atoms with van der Waals surface area (Å²) in [5.74, 6) is 1.24. The molecule has 0 radical (unpaired) electrons. The molecule has 1 saturated carbocycles. The zero-order chi connectivity index (χ0) is 19.7. The lowest BCUT2D eigenvalue weighted by Gasteiger charge is -2.26. The van der Waals surface area contributed by atoms with Crippen LogP contribution >= 0.6 is 15.9 Å². The Morgan fingerprint density at radius 1 is 1.11 bits per heavy atom. The van der Waals surface area contributed by atoms with Crippen molar-refractivity contribution in [3.8, 4) is 0 Å². The summed E-state index contributed by atoms with van der Waals surface area (Å²) in [5, 5.41) is 15.5. The summed E-state index contributed by atoms with van der Waals surface area (Å²) in [6, 6.07) is 8.73. The molecule has 2 aromatic heterocycles. The minimum absolute atomic E-state index is 0.154. The van der Waals surface area contributed by atoms with Crippen LogP contribution < -0.4 is 16.4 Å². The highest BCUT2D eigenvalue weighted by molar-refractivity contribution is 9.10. The Labute approximate surface area is 172 Å². The van der Waals surface area contributed by atoms with Crippen LogP contribution in [-0.2, 0) is 0 Å². The van der Waals surface area contributed by atoms with E-state index >= 15 is 0 Å². The van der Waals surface area contributed by atoms with Gasteiger partial charge in [-0.2, -0.15) is 9.97 Å². The number of nitrogens with zero attached hydrogens (tertiary/aromatic N) is 5. The molecular weight excluding hydrogens is 420 g/mol. The van der Waals surface area contributed by atoms with E-state index in [1.165, 1.54) is 0 Å². The highest BCUT2D eigenvalue weighted by atomic mass is 79.9. The first-order valence-corrected chi connectivity index (χ1v) is 10.5. The summed E-state index contributed by atoms with van der Waals surface area (Å²) < 4.78 is 2.85. The van der Waals surface area contributed by atoms with Crippen molar-refractivity contribution in [2.45, 2.75) is 57.7 Å². The number of benzene rings is 1. The molecule has 1 aliphatic rings. The van der Waals surface area contributed by atoms with Crippen molar-refractivity contribution < 1.29 is 0 Å².